The number of nitrogens with two attached hydrogens (primary N) is 1. The molecular weight excluding hydrogens is 416 g/mol. The Morgan fingerprint density at radius 2 is 1.86 bits per heavy atom. The van der Waals surface area contributed by atoms with Gasteiger partial charge in [0.25, 0.3) is 5.91 Å². The molecule has 0 bridgehead atoms. The lowest BCUT2D eigenvalue weighted by Gasteiger charge is -2.11. The molecule has 6 heteroatoms. The molecule has 0 spiro atoms. The molecular formula is C15H12Br2N2OS. The molecule has 0 radical (unpaired) electrons. The molecule has 0 atom stereocenters. The zero-order valence-electron chi connectivity index (χ0n) is 11.1. The number of anilines is 1. The fraction of sp³-hybridized carbons (Fsp3) is 0.0667. The van der Waals surface area contributed by atoms with Crippen LogP contribution < -0.4 is 11.1 Å². The van der Waals surface area contributed by atoms with Crippen LogP contribution in [0.3, 0.4) is 0 Å². The van der Waals surface area contributed by atoms with Crippen LogP contribution in [0, 0.1) is 6.92 Å². The van der Waals surface area contributed by atoms with Gasteiger partial charge in [0.05, 0.1) is 5.69 Å². The Hall–Kier alpha value is -1.24. The normalized spacial score (nSPS) is 10.2. The number of amides is 1. The Bertz CT molecular complexity index is 711. The molecule has 0 aliphatic carbocycles. The average Bonchev–Trinajstić information content (AvgIpc) is 2.39. The summed E-state index contributed by atoms with van der Waals surface area (Å²) >= 11 is 11.8. The minimum Gasteiger partial charge on any atom is -0.389 e. The fourth-order valence-corrected chi connectivity index (χ4v) is 3.03. The molecule has 0 aliphatic heterocycles. The van der Waals surface area contributed by atoms with Gasteiger partial charge in [-0.2, -0.15) is 0 Å². The van der Waals surface area contributed by atoms with Gasteiger partial charge in [-0.05, 0) is 48.9 Å². The molecule has 0 fully saturated rings. The lowest BCUT2D eigenvalue weighted by Crippen LogP contribution is -2.17. The largest absolute Gasteiger partial charge is 0.389 e. The fourth-order valence-electron chi connectivity index (χ4n) is 1.89. The van der Waals surface area contributed by atoms with Crippen molar-refractivity contribution in [1.82, 2.24) is 0 Å². The van der Waals surface area contributed by atoms with E-state index >= 15 is 0 Å². The van der Waals surface area contributed by atoms with Crippen molar-refractivity contribution in [1.29, 1.82) is 0 Å². The first-order chi connectivity index (χ1) is 9.86. The lowest BCUT2D eigenvalue weighted by molar-refractivity contribution is 0.102. The van der Waals surface area contributed by atoms with E-state index in [1.807, 2.05) is 25.1 Å². The van der Waals surface area contributed by atoms with Crippen molar-refractivity contribution in [3.05, 3.63) is 62.0 Å². The number of hydrogen-bond acceptors (Lipinski definition) is 2. The third-order valence-corrected chi connectivity index (χ3v) is 3.97. The summed E-state index contributed by atoms with van der Waals surface area (Å²) in [7, 11) is 0. The minimum atomic E-state index is -0.209. The van der Waals surface area contributed by atoms with Crippen molar-refractivity contribution in [2.24, 2.45) is 5.73 Å². The van der Waals surface area contributed by atoms with Crippen molar-refractivity contribution in [3.63, 3.8) is 0 Å². The SMILES string of the molecule is Cc1cc(Br)cc(C(=O)Nc2ccc(Br)cc2C(N)=S)c1. The van der Waals surface area contributed by atoms with Crippen LogP contribution >= 0.6 is 44.1 Å². The predicted octanol–water partition coefficient (Wildman–Crippen LogP) is 4.41. The molecule has 0 aromatic heterocycles. The summed E-state index contributed by atoms with van der Waals surface area (Å²) in [6.07, 6.45) is 0. The second-order valence-corrected chi connectivity index (χ2v) is 6.80. The van der Waals surface area contributed by atoms with E-state index < -0.39 is 0 Å². The Morgan fingerprint density at radius 3 is 2.48 bits per heavy atom. The lowest BCUT2D eigenvalue weighted by atomic mass is 10.1. The van der Waals surface area contributed by atoms with E-state index in [1.165, 1.54) is 0 Å². The quantitative estimate of drug-likeness (QED) is 0.713. The predicted molar refractivity (Wildman–Crippen MR) is 96.9 cm³/mol. The molecule has 2 aromatic rings. The van der Waals surface area contributed by atoms with Crippen LogP contribution in [0.1, 0.15) is 21.5 Å². The summed E-state index contributed by atoms with van der Waals surface area (Å²) < 4.78 is 1.71. The van der Waals surface area contributed by atoms with Crippen molar-refractivity contribution in [2.75, 3.05) is 5.32 Å². The molecule has 21 heavy (non-hydrogen) atoms. The molecule has 0 saturated heterocycles. The molecule has 0 heterocycles. The summed E-state index contributed by atoms with van der Waals surface area (Å²) in [6, 6.07) is 10.9. The van der Waals surface area contributed by atoms with E-state index in [0.717, 1.165) is 14.5 Å². The van der Waals surface area contributed by atoms with Crippen molar-refractivity contribution < 1.29 is 4.79 Å². The molecule has 108 valence electrons. The van der Waals surface area contributed by atoms with E-state index in [9.17, 15) is 4.79 Å². The number of nitrogens with one attached hydrogen (secondary N) is 1. The number of rotatable bonds is 3. The Labute approximate surface area is 145 Å². The first-order valence-corrected chi connectivity index (χ1v) is 8.04. The van der Waals surface area contributed by atoms with E-state index in [1.54, 1.807) is 18.2 Å². The zero-order chi connectivity index (χ0) is 15.6. The summed E-state index contributed by atoms with van der Waals surface area (Å²) in [5.74, 6) is -0.209. The number of carbonyl (C=O) groups is 1. The third-order valence-electron chi connectivity index (χ3n) is 2.80. The highest BCUT2D eigenvalue weighted by Gasteiger charge is 2.12. The summed E-state index contributed by atoms with van der Waals surface area (Å²) in [4.78, 5) is 12.6. The number of aryl methyl sites for hydroxylation is 1. The molecule has 3 nitrogen and oxygen atoms in total. The average molecular weight is 428 g/mol. The van der Waals surface area contributed by atoms with Crippen LogP contribution in [0.2, 0.25) is 0 Å². The minimum absolute atomic E-state index is 0.209. The van der Waals surface area contributed by atoms with Crippen LogP contribution in [0.4, 0.5) is 5.69 Å². The van der Waals surface area contributed by atoms with Gasteiger partial charge in [-0.25, -0.2) is 0 Å². The van der Waals surface area contributed by atoms with Gasteiger partial charge in [0, 0.05) is 20.1 Å². The maximum absolute atomic E-state index is 12.4. The molecule has 0 saturated carbocycles. The molecule has 0 unspecified atom stereocenters. The van der Waals surface area contributed by atoms with Crippen molar-refractivity contribution in [3.8, 4) is 0 Å². The van der Waals surface area contributed by atoms with Gasteiger partial charge in [0.15, 0.2) is 0 Å². The van der Waals surface area contributed by atoms with E-state index in [-0.39, 0.29) is 10.9 Å². The van der Waals surface area contributed by atoms with Crippen LogP contribution in [0.5, 0.6) is 0 Å². The number of halogens is 2. The van der Waals surface area contributed by atoms with Gasteiger partial charge < -0.3 is 11.1 Å². The molecule has 1 amide bonds. The number of hydrogen-bond donors (Lipinski definition) is 2. The molecule has 3 N–H and O–H groups in total. The van der Waals surface area contributed by atoms with Gasteiger partial charge in [-0.15, -0.1) is 0 Å². The molecule has 0 aliphatic rings. The maximum Gasteiger partial charge on any atom is 0.255 e. The van der Waals surface area contributed by atoms with Gasteiger partial charge >= 0.3 is 0 Å². The Balaban J connectivity index is 2.33. The van der Waals surface area contributed by atoms with E-state index in [4.69, 9.17) is 18.0 Å². The second-order valence-electron chi connectivity index (χ2n) is 4.53. The monoisotopic (exact) mass is 426 g/mol. The number of thiocarbonyl (C=S) groups is 1. The van der Waals surface area contributed by atoms with Crippen LogP contribution in [0.25, 0.3) is 0 Å². The van der Waals surface area contributed by atoms with E-state index in [2.05, 4.69) is 37.2 Å². The maximum atomic E-state index is 12.4. The summed E-state index contributed by atoms with van der Waals surface area (Å²) in [6.45, 7) is 1.93. The van der Waals surface area contributed by atoms with Crippen LogP contribution in [-0.4, -0.2) is 10.9 Å². The highest BCUT2D eigenvalue weighted by atomic mass is 79.9. The van der Waals surface area contributed by atoms with Crippen LogP contribution in [0.15, 0.2) is 45.3 Å². The number of carbonyl (C=O) groups excluding carboxylic acids is 1. The standard InChI is InChI=1S/C15H12Br2N2OS/c1-8-4-9(6-11(17)5-8)15(20)19-13-3-2-10(16)7-12(13)14(18)21/h2-7H,1H3,(H2,18,21)(H,19,20). The van der Waals surface area contributed by atoms with Crippen LogP contribution in [-0.2, 0) is 0 Å². The highest BCUT2D eigenvalue weighted by Crippen LogP contribution is 2.22. The van der Waals surface area contributed by atoms with Crippen molar-refractivity contribution >= 4 is 60.7 Å². The summed E-state index contributed by atoms with van der Waals surface area (Å²) in [5, 5.41) is 2.84. The summed E-state index contributed by atoms with van der Waals surface area (Å²) in [5.41, 5.74) is 8.48. The second kappa shape index (κ2) is 6.68. The first-order valence-electron chi connectivity index (χ1n) is 6.04. The van der Waals surface area contributed by atoms with Crippen molar-refractivity contribution in [2.45, 2.75) is 6.92 Å². The van der Waals surface area contributed by atoms with Gasteiger partial charge in [0.1, 0.15) is 4.99 Å². The van der Waals surface area contributed by atoms with Gasteiger partial charge in [-0.1, -0.05) is 44.1 Å². The Kier molecular flexibility index (Phi) is 5.13. The smallest absolute Gasteiger partial charge is 0.255 e. The molecule has 2 rings (SSSR count). The van der Waals surface area contributed by atoms with Gasteiger partial charge in [0.2, 0.25) is 0 Å². The molecule has 2 aromatic carbocycles. The third kappa shape index (κ3) is 4.12. The van der Waals surface area contributed by atoms with E-state index in [0.29, 0.717) is 16.8 Å². The number of benzene rings is 2. The topological polar surface area (TPSA) is 55.1 Å². The first kappa shape index (κ1) is 16.1. The highest BCUT2D eigenvalue weighted by molar-refractivity contribution is 9.10. The Morgan fingerprint density at radius 1 is 1.14 bits per heavy atom. The van der Waals surface area contributed by atoms with Gasteiger partial charge in [-0.3, -0.25) is 4.79 Å². The zero-order valence-corrected chi connectivity index (χ0v) is 15.1.